The first-order valence-electron chi connectivity index (χ1n) is 11.7. The predicted molar refractivity (Wildman–Crippen MR) is 133 cm³/mol. The maximum Gasteiger partial charge on any atom is 0.324 e. The predicted octanol–water partition coefficient (Wildman–Crippen LogP) is 5.93. The van der Waals surface area contributed by atoms with Crippen LogP contribution in [0.1, 0.15) is 51.2 Å². The Kier molecular flexibility index (Phi) is 7.13. The lowest BCUT2D eigenvalue weighted by molar-refractivity contribution is -0.157. The van der Waals surface area contributed by atoms with Crippen LogP contribution in [0.4, 0.5) is 8.78 Å². The third kappa shape index (κ3) is 4.72. The number of benzene rings is 2. The molecule has 192 valence electrons. The lowest BCUT2D eigenvalue weighted by atomic mass is 9.62. The maximum atomic E-state index is 15.6. The van der Waals surface area contributed by atoms with Gasteiger partial charge in [-0.05, 0) is 51.0 Å². The molecule has 4 rings (SSSR count). The van der Waals surface area contributed by atoms with Gasteiger partial charge < -0.3 is 9.47 Å². The van der Waals surface area contributed by atoms with Crippen molar-refractivity contribution < 1.29 is 23.0 Å². The smallest absolute Gasteiger partial charge is 0.324 e. The van der Waals surface area contributed by atoms with Gasteiger partial charge in [0.1, 0.15) is 28.7 Å². The van der Waals surface area contributed by atoms with Gasteiger partial charge in [-0.3, -0.25) is 10.1 Å². The van der Waals surface area contributed by atoms with Gasteiger partial charge in [0.2, 0.25) is 0 Å². The van der Waals surface area contributed by atoms with Gasteiger partial charge in [-0.15, -0.1) is 0 Å². The van der Waals surface area contributed by atoms with Crippen LogP contribution in [0.15, 0.2) is 36.4 Å². The zero-order chi connectivity index (χ0) is 26.5. The molecule has 2 aromatic carbocycles. The minimum Gasteiger partial charge on any atom is -0.459 e. The molecule has 36 heavy (non-hydrogen) atoms. The Labute approximate surface area is 219 Å². The van der Waals surface area contributed by atoms with Crippen molar-refractivity contribution in [2.75, 3.05) is 13.2 Å². The van der Waals surface area contributed by atoms with E-state index in [2.05, 4.69) is 11.4 Å². The van der Waals surface area contributed by atoms with Crippen molar-refractivity contribution in [3.63, 3.8) is 0 Å². The second-order valence-corrected chi connectivity index (χ2v) is 11.8. The minimum atomic E-state index is -1.69. The number of ether oxygens (including phenoxy) is 2. The number of rotatable bonds is 5. The molecule has 0 unspecified atom stereocenters. The molecule has 2 saturated heterocycles. The molecule has 2 aliphatic rings. The zero-order valence-corrected chi connectivity index (χ0v) is 22.0. The highest BCUT2D eigenvalue weighted by molar-refractivity contribution is 6.31. The molecule has 0 spiro atoms. The van der Waals surface area contributed by atoms with E-state index in [1.54, 1.807) is 26.8 Å². The highest BCUT2D eigenvalue weighted by Crippen LogP contribution is 2.53. The molecule has 2 heterocycles. The number of nitrogens with one attached hydrogen (secondary N) is 1. The Morgan fingerprint density at radius 2 is 1.94 bits per heavy atom. The molecular formula is C27H28Cl2F2N2O3. The number of nitriles is 1. The summed E-state index contributed by atoms with van der Waals surface area (Å²) in [5, 5.41) is 14.1. The Morgan fingerprint density at radius 1 is 1.25 bits per heavy atom. The lowest BCUT2D eigenvalue weighted by Gasteiger charge is -2.43. The molecule has 0 amide bonds. The Morgan fingerprint density at radius 3 is 2.50 bits per heavy atom. The van der Waals surface area contributed by atoms with Gasteiger partial charge in [0, 0.05) is 28.0 Å². The first kappa shape index (κ1) is 26.8. The molecule has 0 saturated carbocycles. The molecular weight excluding hydrogens is 509 g/mol. The second kappa shape index (κ2) is 9.57. The average Bonchev–Trinajstić information content (AvgIpc) is 3.08. The third-order valence-electron chi connectivity index (χ3n) is 6.89. The summed E-state index contributed by atoms with van der Waals surface area (Å²) in [4.78, 5) is 13.5. The maximum absolute atomic E-state index is 15.6. The van der Waals surface area contributed by atoms with E-state index in [0.717, 1.165) is 6.07 Å². The first-order valence-corrected chi connectivity index (χ1v) is 12.4. The van der Waals surface area contributed by atoms with Crippen molar-refractivity contribution in [3.8, 4) is 6.07 Å². The van der Waals surface area contributed by atoms with Crippen LogP contribution in [0.3, 0.4) is 0 Å². The van der Waals surface area contributed by atoms with Gasteiger partial charge in [0.05, 0.1) is 24.3 Å². The molecule has 1 N–H and O–H groups in total. The Bertz CT molecular complexity index is 1220. The molecule has 9 heteroatoms. The molecule has 0 radical (unpaired) electrons. The summed E-state index contributed by atoms with van der Waals surface area (Å²) < 4.78 is 42.2. The van der Waals surface area contributed by atoms with Gasteiger partial charge in [-0.1, -0.05) is 48.3 Å². The van der Waals surface area contributed by atoms with Crippen molar-refractivity contribution in [1.82, 2.24) is 5.32 Å². The van der Waals surface area contributed by atoms with E-state index in [-0.39, 0.29) is 26.6 Å². The summed E-state index contributed by atoms with van der Waals surface area (Å²) in [6.45, 7) is 8.04. The van der Waals surface area contributed by atoms with Crippen LogP contribution in [0.2, 0.25) is 10.0 Å². The van der Waals surface area contributed by atoms with Crippen molar-refractivity contribution in [1.29, 1.82) is 5.26 Å². The van der Waals surface area contributed by atoms with E-state index >= 15 is 8.78 Å². The zero-order valence-electron chi connectivity index (χ0n) is 20.5. The van der Waals surface area contributed by atoms with Crippen LogP contribution >= 0.6 is 23.2 Å². The average molecular weight is 537 g/mol. The van der Waals surface area contributed by atoms with E-state index in [9.17, 15) is 10.1 Å². The number of nitrogens with zero attached hydrogens (tertiary/aromatic N) is 1. The molecule has 2 aromatic rings. The Hall–Kier alpha value is -2.24. The molecule has 0 aliphatic carbocycles. The van der Waals surface area contributed by atoms with Crippen molar-refractivity contribution in [3.05, 3.63) is 69.2 Å². The van der Waals surface area contributed by atoms with Crippen LogP contribution in [0.25, 0.3) is 0 Å². The van der Waals surface area contributed by atoms with E-state index in [4.69, 9.17) is 32.7 Å². The van der Waals surface area contributed by atoms with Crippen molar-refractivity contribution in [2.24, 2.45) is 5.41 Å². The molecule has 2 aliphatic heterocycles. The largest absolute Gasteiger partial charge is 0.459 e. The third-order valence-corrected chi connectivity index (χ3v) is 7.42. The monoisotopic (exact) mass is 536 g/mol. The molecule has 5 nitrogen and oxygen atoms in total. The quantitative estimate of drug-likeness (QED) is 0.479. The number of hydrogen-bond acceptors (Lipinski definition) is 5. The standard InChI is InChI=1S/C27H28Cl2F2N2O3/c1-25(2,3)36-24(34)23-21(16-6-5-7-18(29)22(16)31)27(12-32,17-9-8-15(28)10-19(17)30)20(33-23)11-26(4)13-35-14-26/h5-10,20-21,23,33H,11,13-14H2,1-4H3/t20-,21-,23+,27-/m0/s1. The number of carbonyl (C=O) groups is 1. The van der Waals surface area contributed by atoms with Gasteiger partial charge in [-0.2, -0.15) is 5.26 Å². The number of halogens is 4. The molecule has 0 aromatic heterocycles. The molecule has 4 atom stereocenters. The summed E-state index contributed by atoms with van der Waals surface area (Å²) in [6, 6.07) is 8.85. The fraction of sp³-hybridized carbons (Fsp3) is 0.481. The first-order chi connectivity index (χ1) is 16.8. The fourth-order valence-electron chi connectivity index (χ4n) is 5.35. The van der Waals surface area contributed by atoms with Gasteiger partial charge in [0.25, 0.3) is 0 Å². The number of carbonyl (C=O) groups excluding carboxylic acids is 1. The number of esters is 1. The number of hydrogen-bond donors (Lipinski definition) is 1. The van der Waals surface area contributed by atoms with Gasteiger partial charge in [-0.25, -0.2) is 8.78 Å². The second-order valence-electron chi connectivity index (χ2n) is 11.0. The topological polar surface area (TPSA) is 71.3 Å². The van der Waals surface area contributed by atoms with Crippen LogP contribution in [0, 0.1) is 28.4 Å². The van der Waals surface area contributed by atoms with Crippen molar-refractivity contribution >= 4 is 29.2 Å². The normalized spacial score (nSPS) is 27.2. The van der Waals surface area contributed by atoms with E-state index in [0.29, 0.717) is 19.6 Å². The van der Waals surface area contributed by atoms with Gasteiger partial charge in [0.15, 0.2) is 0 Å². The summed E-state index contributed by atoms with van der Waals surface area (Å²) in [5.74, 6) is -3.31. The van der Waals surface area contributed by atoms with Gasteiger partial charge >= 0.3 is 5.97 Å². The minimum absolute atomic E-state index is 0.0196. The highest BCUT2D eigenvalue weighted by Gasteiger charge is 2.62. The van der Waals surface area contributed by atoms with Crippen LogP contribution in [0.5, 0.6) is 0 Å². The summed E-state index contributed by atoms with van der Waals surface area (Å²) >= 11 is 12.2. The molecule has 0 bridgehead atoms. The van der Waals surface area contributed by atoms with E-state index in [1.807, 2.05) is 6.92 Å². The van der Waals surface area contributed by atoms with Crippen LogP contribution < -0.4 is 5.32 Å². The van der Waals surface area contributed by atoms with Crippen LogP contribution in [-0.4, -0.2) is 36.9 Å². The lowest BCUT2D eigenvalue weighted by Crippen LogP contribution is -2.50. The van der Waals surface area contributed by atoms with Crippen molar-refractivity contribution in [2.45, 2.75) is 63.1 Å². The fourth-order valence-corrected chi connectivity index (χ4v) is 5.69. The SMILES string of the molecule is CC1(C[C@@H]2N[C@@H](C(=O)OC(C)(C)C)[C@H](c3cccc(Cl)c3F)[C@@]2(C#N)c2ccc(Cl)cc2F)COC1. The van der Waals surface area contributed by atoms with E-state index in [1.165, 1.54) is 24.3 Å². The molecule has 2 fully saturated rings. The highest BCUT2D eigenvalue weighted by atomic mass is 35.5. The summed E-state index contributed by atoms with van der Waals surface area (Å²) in [5.41, 5.74) is -2.81. The summed E-state index contributed by atoms with van der Waals surface area (Å²) in [7, 11) is 0. The van der Waals surface area contributed by atoms with Crippen LogP contribution in [-0.2, 0) is 19.7 Å². The summed E-state index contributed by atoms with van der Waals surface area (Å²) in [6.07, 6.45) is 0.376. The van der Waals surface area contributed by atoms with E-state index < -0.39 is 46.6 Å². The Balaban J connectivity index is 1.98.